The lowest BCUT2D eigenvalue weighted by Gasteiger charge is -2.15. The summed E-state index contributed by atoms with van der Waals surface area (Å²) in [5, 5.41) is 9.70. The highest BCUT2D eigenvalue weighted by atomic mass is 16.5. The van der Waals surface area contributed by atoms with Gasteiger partial charge in [-0.3, -0.25) is 14.3 Å². The number of nitrogens with one attached hydrogen (secondary N) is 1. The molecule has 0 bridgehead atoms. The molecule has 7 nitrogen and oxygen atoms in total. The number of H-pyrrole nitrogens is 1. The number of nitrogens with zero attached hydrogens (tertiary/aromatic N) is 1. The Kier molecular flexibility index (Phi) is 3.65. The molecule has 0 aliphatic carbocycles. The predicted octanol–water partition coefficient (Wildman–Crippen LogP) is -1.29. The molecule has 0 aromatic carbocycles. The SMILES string of the molecule is CCc1cn([C@H]2C[C@H](O)[C@@H](CN)O2)c(=O)[nH]c1=O. The third kappa shape index (κ3) is 2.24. The molecule has 7 heteroatoms. The molecule has 0 spiro atoms. The monoisotopic (exact) mass is 255 g/mol. The molecule has 1 aliphatic rings. The molecule has 1 fully saturated rings. The average molecular weight is 255 g/mol. The van der Waals surface area contributed by atoms with Crippen LogP contribution in [0.5, 0.6) is 0 Å². The highest BCUT2D eigenvalue weighted by Gasteiger charge is 2.34. The summed E-state index contributed by atoms with van der Waals surface area (Å²) in [5.41, 5.74) is 5.04. The van der Waals surface area contributed by atoms with E-state index in [-0.39, 0.29) is 18.5 Å². The Morgan fingerprint density at radius 2 is 2.33 bits per heavy atom. The third-order valence-corrected chi connectivity index (χ3v) is 3.17. The van der Waals surface area contributed by atoms with E-state index in [1.54, 1.807) is 0 Å². The van der Waals surface area contributed by atoms with E-state index in [9.17, 15) is 14.7 Å². The van der Waals surface area contributed by atoms with Gasteiger partial charge in [-0.2, -0.15) is 0 Å². The maximum absolute atomic E-state index is 11.7. The van der Waals surface area contributed by atoms with Gasteiger partial charge in [-0.25, -0.2) is 4.79 Å². The summed E-state index contributed by atoms with van der Waals surface area (Å²) < 4.78 is 6.80. The fourth-order valence-electron chi connectivity index (χ4n) is 2.09. The van der Waals surface area contributed by atoms with E-state index in [4.69, 9.17) is 10.5 Å². The summed E-state index contributed by atoms with van der Waals surface area (Å²) in [7, 11) is 0. The maximum Gasteiger partial charge on any atom is 0.330 e. The lowest BCUT2D eigenvalue weighted by Crippen LogP contribution is -2.34. The number of aliphatic hydroxyl groups excluding tert-OH is 1. The number of rotatable bonds is 3. The van der Waals surface area contributed by atoms with Crippen LogP contribution in [0.4, 0.5) is 0 Å². The number of aliphatic hydroxyl groups is 1. The molecule has 1 aliphatic heterocycles. The van der Waals surface area contributed by atoms with Crippen molar-refractivity contribution >= 4 is 0 Å². The first-order chi connectivity index (χ1) is 8.56. The highest BCUT2D eigenvalue weighted by Crippen LogP contribution is 2.26. The Balaban J connectivity index is 2.35. The average Bonchev–Trinajstić information content (AvgIpc) is 2.70. The van der Waals surface area contributed by atoms with Crippen molar-refractivity contribution in [1.29, 1.82) is 0 Å². The maximum atomic E-state index is 11.7. The van der Waals surface area contributed by atoms with Crippen molar-refractivity contribution in [2.75, 3.05) is 6.54 Å². The van der Waals surface area contributed by atoms with Crippen molar-refractivity contribution in [2.24, 2.45) is 5.73 Å². The number of hydrogen-bond acceptors (Lipinski definition) is 5. The van der Waals surface area contributed by atoms with Crippen LogP contribution in [0.2, 0.25) is 0 Å². The van der Waals surface area contributed by atoms with Gasteiger partial charge >= 0.3 is 5.69 Å². The van der Waals surface area contributed by atoms with E-state index in [1.807, 2.05) is 6.92 Å². The molecule has 4 N–H and O–H groups in total. The highest BCUT2D eigenvalue weighted by molar-refractivity contribution is 5.04. The number of aryl methyl sites for hydroxylation is 1. The first-order valence-corrected chi connectivity index (χ1v) is 5.94. The standard InChI is InChI=1S/C11H17N3O4/c1-2-6-5-14(11(17)13-10(6)16)9-3-7(15)8(4-12)18-9/h5,7-9,15H,2-4,12H2,1H3,(H,13,16,17)/t7-,8+,9+/m0/s1. The Hall–Kier alpha value is -1.44. The first kappa shape index (κ1) is 13.0. The number of aromatic nitrogens is 2. The summed E-state index contributed by atoms with van der Waals surface area (Å²) in [6, 6.07) is 0. The van der Waals surface area contributed by atoms with Gasteiger partial charge in [-0.15, -0.1) is 0 Å². The molecule has 1 aromatic heterocycles. The van der Waals surface area contributed by atoms with Gasteiger partial charge in [0.1, 0.15) is 6.23 Å². The third-order valence-electron chi connectivity index (χ3n) is 3.17. The molecule has 1 saturated heterocycles. The summed E-state index contributed by atoms with van der Waals surface area (Å²) in [6.07, 6.45) is 0.547. The van der Waals surface area contributed by atoms with Gasteiger partial charge in [0.25, 0.3) is 5.56 Å². The minimum Gasteiger partial charge on any atom is -0.390 e. The van der Waals surface area contributed by atoms with Gasteiger partial charge in [-0.05, 0) is 6.42 Å². The summed E-state index contributed by atoms with van der Waals surface area (Å²) in [5.74, 6) is 0. The van der Waals surface area contributed by atoms with Crippen LogP contribution in [-0.4, -0.2) is 33.4 Å². The molecule has 18 heavy (non-hydrogen) atoms. The summed E-state index contributed by atoms with van der Waals surface area (Å²) >= 11 is 0. The van der Waals surface area contributed by atoms with E-state index in [1.165, 1.54) is 10.8 Å². The number of aromatic amines is 1. The number of ether oxygens (including phenoxy) is 1. The first-order valence-electron chi connectivity index (χ1n) is 5.94. The van der Waals surface area contributed by atoms with E-state index in [0.29, 0.717) is 12.0 Å². The van der Waals surface area contributed by atoms with Crippen molar-refractivity contribution in [3.8, 4) is 0 Å². The fourth-order valence-corrected chi connectivity index (χ4v) is 2.09. The van der Waals surface area contributed by atoms with Crippen molar-refractivity contribution in [3.63, 3.8) is 0 Å². The van der Waals surface area contributed by atoms with Crippen LogP contribution >= 0.6 is 0 Å². The van der Waals surface area contributed by atoms with Crippen LogP contribution in [0.15, 0.2) is 15.8 Å². The number of hydrogen-bond donors (Lipinski definition) is 3. The second-order valence-corrected chi connectivity index (χ2v) is 4.34. The van der Waals surface area contributed by atoms with Crippen molar-refractivity contribution < 1.29 is 9.84 Å². The Bertz CT molecular complexity index is 536. The molecule has 2 heterocycles. The molecule has 0 radical (unpaired) electrons. The van der Waals surface area contributed by atoms with Crippen LogP contribution < -0.4 is 17.0 Å². The summed E-state index contributed by atoms with van der Waals surface area (Å²) in [4.78, 5) is 25.4. The lowest BCUT2D eigenvalue weighted by molar-refractivity contribution is -0.0152. The van der Waals surface area contributed by atoms with Gasteiger partial charge < -0.3 is 15.6 Å². The zero-order valence-corrected chi connectivity index (χ0v) is 10.1. The van der Waals surface area contributed by atoms with Crippen molar-refractivity contribution in [3.05, 3.63) is 32.6 Å². The van der Waals surface area contributed by atoms with E-state index in [0.717, 1.165) is 0 Å². The fraction of sp³-hybridized carbons (Fsp3) is 0.636. The largest absolute Gasteiger partial charge is 0.390 e. The second-order valence-electron chi connectivity index (χ2n) is 4.34. The van der Waals surface area contributed by atoms with Gasteiger partial charge in [0.05, 0.1) is 12.2 Å². The second kappa shape index (κ2) is 5.05. The summed E-state index contributed by atoms with van der Waals surface area (Å²) in [6.45, 7) is 2.02. The van der Waals surface area contributed by atoms with Crippen LogP contribution in [0, 0.1) is 0 Å². The quantitative estimate of drug-likeness (QED) is 0.622. The van der Waals surface area contributed by atoms with Gasteiger partial charge in [0, 0.05) is 24.7 Å². The van der Waals surface area contributed by atoms with Crippen LogP contribution in [0.3, 0.4) is 0 Å². The van der Waals surface area contributed by atoms with Gasteiger partial charge in [-0.1, -0.05) is 6.92 Å². The predicted molar refractivity (Wildman–Crippen MR) is 64.3 cm³/mol. The molecule has 3 atom stereocenters. The Labute approximate surface area is 103 Å². The smallest absolute Gasteiger partial charge is 0.330 e. The van der Waals surface area contributed by atoms with Gasteiger partial charge in [0.15, 0.2) is 0 Å². The van der Waals surface area contributed by atoms with Crippen LogP contribution in [0.25, 0.3) is 0 Å². The normalized spacial score (nSPS) is 27.6. The van der Waals surface area contributed by atoms with Crippen molar-refractivity contribution in [2.45, 2.75) is 38.2 Å². The molecule has 100 valence electrons. The molecular formula is C11H17N3O4. The zero-order chi connectivity index (χ0) is 13.3. The zero-order valence-electron chi connectivity index (χ0n) is 10.1. The minimum absolute atomic E-state index is 0.191. The number of nitrogens with two attached hydrogens (primary N) is 1. The molecule has 0 unspecified atom stereocenters. The van der Waals surface area contributed by atoms with Crippen LogP contribution in [-0.2, 0) is 11.2 Å². The van der Waals surface area contributed by atoms with E-state index >= 15 is 0 Å². The molecule has 0 amide bonds. The molecular weight excluding hydrogens is 238 g/mol. The molecule has 0 saturated carbocycles. The topological polar surface area (TPSA) is 110 Å². The van der Waals surface area contributed by atoms with Crippen molar-refractivity contribution in [1.82, 2.24) is 9.55 Å². The van der Waals surface area contributed by atoms with Gasteiger partial charge in [0.2, 0.25) is 0 Å². The Morgan fingerprint density at radius 3 is 2.89 bits per heavy atom. The van der Waals surface area contributed by atoms with E-state index < -0.39 is 24.1 Å². The lowest BCUT2D eigenvalue weighted by atomic mass is 10.2. The molecule has 1 aromatic rings. The van der Waals surface area contributed by atoms with Crippen LogP contribution in [0.1, 0.15) is 25.1 Å². The van der Waals surface area contributed by atoms with E-state index in [2.05, 4.69) is 4.98 Å². The minimum atomic E-state index is -0.691. The molecule has 2 rings (SSSR count). The Morgan fingerprint density at radius 1 is 1.61 bits per heavy atom.